The number of hydrogen-bond donors (Lipinski definition) is 1. The number of nitrogens with zero attached hydrogens (tertiary/aromatic N) is 2. The molecule has 0 aliphatic carbocycles. The molecule has 0 saturated carbocycles. The van der Waals surface area contributed by atoms with Crippen LogP contribution in [0.15, 0.2) is 54.7 Å². The maximum absolute atomic E-state index is 5.97. The van der Waals surface area contributed by atoms with Crippen LogP contribution in [0.5, 0.6) is 5.75 Å². The molecule has 2 heterocycles. The lowest BCUT2D eigenvalue weighted by atomic mass is 10.0. The largest absolute Gasteiger partial charge is 0.494 e. The van der Waals surface area contributed by atoms with Crippen molar-refractivity contribution in [3.8, 4) is 16.9 Å². The molecule has 0 amide bonds. The zero-order chi connectivity index (χ0) is 23.0. The van der Waals surface area contributed by atoms with Crippen molar-refractivity contribution >= 4 is 21.9 Å². The van der Waals surface area contributed by atoms with Gasteiger partial charge < -0.3 is 14.6 Å². The molecule has 0 aliphatic rings. The van der Waals surface area contributed by atoms with Crippen molar-refractivity contribution in [3.63, 3.8) is 0 Å². The van der Waals surface area contributed by atoms with Crippen LogP contribution in [0.4, 0.5) is 0 Å². The molecule has 174 valence electrons. The van der Waals surface area contributed by atoms with Crippen LogP contribution in [0.25, 0.3) is 33.1 Å². The van der Waals surface area contributed by atoms with E-state index in [9.17, 15) is 0 Å². The van der Waals surface area contributed by atoms with Gasteiger partial charge in [-0.05, 0) is 79.4 Å². The molecule has 0 spiro atoms. The molecule has 4 nitrogen and oxygen atoms in total. The first-order valence-electron chi connectivity index (χ1n) is 12.6. The first-order valence-corrected chi connectivity index (χ1v) is 12.6. The minimum absolute atomic E-state index is 0.755. The number of hydrogen-bond acceptors (Lipinski definition) is 3. The van der Waals surface area contributed by atoms with Gasteiger partial charge >= 0.3 is 0 Å². The Kier molecular flexibility index (Phi) is 8.01. The Balaban J connectivity index is 1.47. The smallest absolute Gasteiger partial charge is 0.138 e. The van der Waals surface area contributed by atoms with Gasteiger partial charge in [0.2, 0.25) is 0 Å². The van der Waals surface area contributed by atoms with E-state index in [-0.39, 0.29) is 0 Å². The molecule has 4 rings (SSSR count). The number of unbranched alkanes of at least 4 members (excludes halogenated alkanes) is 2. The summed E-state index contributed by atoms with van der Waals surface area (Å²) in [6.07, 6.45) is 7.91. The summed E-state index contributed by atoms with van der Waals surface area (Å²) in [4.78, 5) is 10.6. The molecule has 2 aromatic heterocycles. The molecule has 0 saturated heterocycles. The van der Waals surface area contributed by atoms with Crippen LogP contribution in [-0.4, -0.2) is 41.1 Å². The highest BCUT2D eigenvalue weighted by atomic mass is 16.5. The van der Waals surface area contributed by atoms with Crippen LogP contribution < -0.4 is 4.74 Å². The minimum Gasteiger partial charge on any atom is -0.494 e. The molecule has 4 aromatic rings. The number of benzene rings is 2. The summed E-state index contributed by atoms with van der Waals surface area (Å²) in [5.41, 5.74) is 5.85. The predicted molar refractivity (Wildman–Crippen MR) is 140 cm³/mol. The van der Waals surface area contributed by atoms with Gasteiger partial charge in [0.1, 0.15) is 11.4 Å². The van der Waals surface area contributed by atoms with E-state index >= 15 is 0 Å². The van der Waals surface area contributed by atoms with Gasteiger partial charge in [-0.15, -0.1) is 0 Å². The Bertz CT molecular complexity index is 1160. The lowest BCUT2D eigenvalue weighted by Gasteiger charge is -2.17. The van der Waals surface area contributed by atoms with Crippen LogP contribution in [0.1, 0.15) is 52.0 Å². The summed E-state index contributed by atoms with van der Waals surface area (Å²) in [5.74, 6) is 0.937. The van der Waals surface area contributed by atoms with E-state index in [2.05, 4.69) is 79.2 Å². The second-order valence-electron chi connectivity index (χ2n) is 8.84. The average Bonchev–Trinajstić information content (AvgIpc) is 3.22. The lowest BCUT2D eigenvalue weighted by molar-refractivity contribution is 0.249. The number of nitrogens with one attached hydrogen (secondary N) is 1. The van der Waals surface area contributed by atoms with Crippen molar-refractivity contribution in [1.82, 2.24) is 14.9 Å². The number of ether oxygens (including phenoxy) is 1. The average molecular weight is 444 g/mol. The van der Waals surface area contributed by atoms with Crippen LogP contribution in [0.2, 0.25) is 0 Å². The number of aromatic nitrogens is 2. The van der Waals surface area contributed by atoms with Crippen molar-refractivity contribution in [2.75, 3.05) is 26.2 Å². The number of aryl methyl sites for hydroxylation is 1. The van der Waals surface area contributed by atoms with Crippen LogP contribution in [-0.2, 0) is 6.42 Å². The first-order chi connectivity index (χ1) is 16.2. The summed E-state index contributed by atoms with van der Waals surface area (Å²) in [7, 11) is 0. The molecule has 0 bridgehead atoms. The van der Waals surface area contributed by atoms with E-state index < -0.39 is 0 Å². The standard InChI is InChI=1S/C29H37N3O/c1-4-7-8-10-22-19-27-26-20-24(13-16-28(26)31-29(27)30-21-22)23-11-14-25(15-12-23)33-18-9-17-32(5-2)6-3/h11-16,19-21H,4-10,17-18H2,1-3H3,(H,30,31). The highest BCUT2D eigenvalue weighted by Crippen LogP contribution is 2.31. The predicted octanol–water partition coefficient (Wildman–Crippen LogP) is 7.23. The SMILES string of the molecule is CCCCCc1cnc2[nH]c3ccc(-c4ccc(OCCCN(CC)CC)cc4)cc3c2c1. The molecule has 0 unspecified atom stereocenters. The van der Waals surface area contributed by atoms with Gasteiger partial charge in [0.15, 0.2) is 0 Å². The third-order valence-corrected chi connectivity index (χ3v) is 6.55. The molecule has 0 aliphatic heterocycles. The van der Waals surface area contributed by atoms with Crippen molar-refractivity contribution in [2.24, 2.45) is 0 Å². The fourth-order valence-electron chi connectivity index (χ4n) is 4.47. The Hall–Kier alpha value is -2.85. The van der Waals surface area contributed by atoms with Crippen molar-refractivity contribution in [2.45, 2.75) is 52.9 Å². The van der Waals surface area contributed by atoms with Gasteiger partial charge in [0.05, 0.1) is 6.61 Å². The Morgan fingerprint density at radius 3 is 2.39 bits per heavy atom. The Labute approximate surface area is 198 Å². The molecule has 0 radical (unpaired) electrons. The van der Waals surface area contributed by atoms with E-state index in [1.807, 2.05) is 6.20 Å². The lowest BCUT2D eigenvalue weighted by Crippen LogP contribution is -2.25. The summed E-state index contributed by atoms with van der Waals surface area (Å²) in [6.45, 7) is 10.7. The van der Waals surface area contributed by atoms with Crippen molar-refractivity contribution < 1.29 is 4.74 Å². The van der Waals surface area contributed by atoms with Gasteiger partial charge in [-0.2, -0.15) is 0 Å². The number of pyridine rings is 1. The molecule has 2 aromatic carbocycles. The summed E-state index contributed by atoms with van der Waals surface area (Å²) in [6, 6.07) is 17.4. The maximum atomic E-state index is 5.97. The van der Waals surface area contributed by atoms with Crippen LogP contribution >= 0.6 is 0 Å². The Morgan fingerprint density at radius 2 is 1.64 bits per heavy atom. The van der Waals surface area contributed by atoms with Gasteiger partial charge in [-0.3, -0.25) is 0 Å². The van der Waals surface area contributed by atoms with Gasteiger partial charge in [0.25, 0.3) is 0 Å². The third kappa shape index (κ3) is 5.75. The van der Waals surface area contributed by atoms with Gasteiger partial charge in [-0.25, -0.2) is 4.98 Å². The second-order valence-corrected chi connectivity index (χ2v) is 8.84. The van der Waals surface area contributed by atoms with Crippen molar-refractivity contribution in [3.05, 3.63) is 60.3 Å². The highest BCUT2D eigenvalue weighted by molar-refractivity contribution is 6.07. The second kappa shape index (κ2) is 11.3. The Morgan fingerprint density at radius 1 is 0.848 bits per heavy atom. The van der Waals surface area contributed by atoms with Gasteiger partial charge in [-0.1, -0.05) is 51.8 Å². The summed E-state index contributed by atoms with van der Waals surface area (Å²) in [5, 5.41) is 2.46. The number of fused-ring (bicyclic) bond motifs is 3. The molecular formula is C29H37N3O. The minimum atomic E-state index is 0.755. The fraction of sp³-hybridized carbons (Fsp3) is 0.414. The molecule has 0 fully saturated rings. The number of H-pyrrole nitrogens is 1. The monoisotopic (exact) mass is 443 g/mol. The molecular weight excluding hydrogens is 406 g/mol. The topological polar surface area (TPSA) is 41.1 Å². The van der Waals surface area contributed by atoms with E-state index in [1.165, 1.54) is 46.7 Å². The first kappa shape index (κ1) is 23.3. The van der Waals surface area contributed by atoms with Crippen LogP contribution in [0.3, 0.4) is 0 Å². The molecule has 4 heteroatoms. The molecule has 1 N–H and O–H groups in total. The highest BCUT2D eigenvalue weighted by Gasteiger charge is 2.09. The quantitative estimate of drug-likeness (QED) is 0.235. The van der Waals surface area contributed by atoms with Crippen molar-refractivity contribution in [1.29, 1.82) is 0 Å². The van der Waals surface area contributed by atoms with E-state index in [4.69, 9.17) is 9.72 Å². The third-order valence-electron chi connectivity index (χ3n) is 6.55. The normalized spacial score (nSPS) is 11.6. The van der Waals surface area contributed by atoms with E-state index in [1.54, 1.807) is 0 Å². The van der Waals surface area contributed by atoms with Crippen LogP contribution in [0, 0.1) is 0 Å². The fourth-order valence-corrected chi connectivity index (χ4v) is 4.47. The number of aromatic amines is 1. The zero-order valence-corrected chi connectivity index (χ0v) is 20.4. The summed E-state index contributed by atoms with van der Waals surface area (Å²) < 4.78 is 5.97. The number of rotatable bonds is 12. The maximum Gasteiger partial charge on any atom is 0.138 e. The zero-order valence-electron chi connectivity index (χ0n) is 20.4. The summed E-state index contributed by atoms with van der Waals surface area (Å²) >= 11 is 0. The van der Waals surface area contributed by atoms with E-state index in [0.29, 0.717) is 0 Å². The van der Waals surface area contributed by atoms with E-state index in [0.717, 1.165) is 56.0 Å². The molecule has 0 atom stereocenters. The molecule has 33 heavy (non-hydrogen) atoms. The van der Waals surface area contributed by atoms with Gasteiger partial charge in [0, 0.05) is 29.0 Å².